The average molecular weight is 508 g/mol. The second-order valence-electron chi connectivity index (χ2n) is 10.0. The first kappa shape index (κ1) is 26.4. The molecule has 36 heavy (non-hydrogen) atoms. The molecule has 2 atom stereocenters. The quantitative estimate of drug-likeness (QED) is 0.399. The Bertz CT molecular complexity index is 1120. The molecule has 1 aliphatic rings. The van der Waals surface area contributed by atoms with Crippen LogP contribution in [0.3, 0.4) is 0 Å². The minimum Gasteiger partial charge on any atom is -0.332 e. The van der Waals surface area contributed by atoms with Gasteiger partial charge >= 0.3 is 0 Å². The van der Waals surface area contributed by atoms with Crippen LogP contribution in [-0.2, 0) is 11.3 Å². The maximum atomic E-state index is 13.9. The van der Waals surface area contributed by atoms with Crippen molar-refractivity contribution in [1.29, 1.82) is 0 Å². The molecule has 6 nitrogen and oxygen atoms in total. The molecule has 1 unspecified atom stereocenters. The fourth-order valence-corrected chi connectivity index (χ4v) is 5.29. The van der Waals surface area contributed by atoms with E-state index >= 15 is 0 Å². The van der Waals surface area contributed by atoms with Gasteiger partial charge in [-0.05, 0) is 56.0 Å². The van der Waals surface area contributed by atoms with E-state index in [0.717, 1.165) is 49.4 Å². The number of piperidine rings is 1. The summed E-state index contributed by atoms with van der Waals surface area (Å²) in [5.41, 5.74) is 8.93. The predicted molar refractivity (Wildman–Crippen MR) is 147 cm³/mol. The van der Waals surface area contributed by atoms with Gasteiger partial charge in [-0.2, -0.15) is 0 Å². The smallest absolute Gasteiger partial charge is 0.227 e. The lowest BCUT2D eigenvalue weighted by Crippen LogP contribution is -2.47. The number of nitrogens with one attached hydrogen (secondary N) is 1. The molecule has 0 bridgehead atoms. The van der Waals surface area contributed by atoms with Crippen molar-refractivity contribution in [2.24, 2.45) is 17.6 Å². The van der Waals surface area contributed by atoms with Crippen LogP contribution in [0.2, 0.25) is 5.02 Å². The van der Waals surface area contributed by atoms with Crippen molar-refractivity contribution >= 4 is 17.5 Å². The van der Waals surface area contributed by atoms with Gasteiger partial charge in [-0.3, -0.25) is 4.79 Å². The lowest BCUT2D eigenvalue weighted by atomic mass is 9.94. The minimum absolute atomic E-state index is 0.0114. The zero-order valence-corrected chi connectivity index (χ0v) is 22.1. The normalized spacial score (nSPS) is 16.8. The van der Waals surface area contributed by atoms with Gasteiger partial charge in [-0.25, -0.2) is 4.98 Å². The summed E-state index contributed by atoms with van der Waals surface area (Å²) in [4.78, 5) is 21.1. The van der Waals surface area contributed by atoms with E-state index in [2.05, 4.69) is 59.1 Å². The van der Waals surface area contributed by atoms with Crippen molar-refractivity contribution in [3.05, 3.63) is 77.2 Å². The number of imidazole rings is 1. The standard InChI is InChI=1S/C29H38ClN5O/c1-21(2)27(35(16-8-14-31)29(36)24-12-7-15-32-18-24)28-33-26(23-11-6-13-25(30)17-23)20-34(28)19-22-9-4-3-5-10-22/h3-6,9-11,13,17,20-21,24,27,32H,7-8,12,14-16,18-19,31H2,1-2H3/t24?,27-/m1/s1. The molecule has 0 aliphatic carbocycles. The first-order valence-corrected chi connectivity index (χ1v) is 13.4. The van der Waals surface area contributed by atoms with E-state index < -0.39 is 0 Å². The van der Waals surface area contributed by atoms with Crippen LogP contribution < -0.4 is 11.1 Å². The molecule has 2 aromatic carbocycles. The van der Waals surface area contributed by atoms with Crippen molar-refractivity contribution in [1.82, 2.24) is 19.8 Å². The third kappa shape index (κ3) is 6.36. The van der Waals surface area contributed by atoms with Crippen molar-refractivity contribution in [3.63, 3.8) is 0 Å². The van der Waals surface area contributed by atoms with Gasteiger partial charge in [0.15, 0.2) is 0 Å². The Balaban J connectivity index is 1.78. The van der Waals surface area contributed by atoms with Crippen LogP contribution in [0.15, 0.2) is 60.8 Å². The number of nitrogens with two attached hydrogens (primary N) is 1. The molecule has 1 fully saturated rings. The highest BCUT2D eigenvalue weighted by Crippen LogP contribution is 2.33. The van der Waals surface area contributed by atoms with Crippen molar-refractivity contribution in [2.75, 3.05) is 26.2 Å². The van der Waals surface area contributed by atoms with Crippen LogP contribution in [0.5, 0.6) is 0 Å². The Morgan fingerprint density at radius 2 is 2.03 bits per heavy atom. The Morgan fingerprint density at radius 3 is 2.69 bits per heavy atom. The van der Waals surface area contributed by atoms with Gasteiger partial charge in [-0.15, -0.1) is 0 Å². The molecule has 4 rings (SSSR count). The summed E-state index contributed by atoms with van der Waals surface area (Å²) < 4.78 is 2.21. The molecular formula is C29H38ClN5O. The zero-order chi connectivity index (χ0) is 25.5. The minimum atomic E-state index is -0.164. The first-order valence-electron chi connectivity index (χ1n) is 13.1. The van der Waals surface area contributed by atoms with Crippen LogP contribution in [0.4, 0.5) is 0 Å². The molecule has 0 radical (unpaired) electrons. The van der Waals surface area contributed by atoms with Crippen molar-refractivity contribution < 1.29 is 4.79 Å². The topological polar surface area (TPSA) is 76.2 Å². The monoisotopic (exact) mass is 507 g/mol. The lowest BCUT2D eigenvalue weighted by Gasteiger charge is -2.37. The molecule has 7 heteroatoms. The maximum absolute atomic E-state index is 13.9. The van der Waals surface area contributed by atoms with Gasteiger partial charge < -0.3 is 20.5 Å². The highest BCUT2D eigenvalue weighted by atomic mass is 35.5. The molecule has 3 N–H and O–H groups in total. The molecule has 0 saturated carbocycles. The maximum Gasteiger partial charge on any atom is 0.227 e. The summed E-state index contributed by atoms with van der Waals surface area (Å²) in [7, 11) is 0. The largest absolute Gasteiger partial charge is 0.332 e. The van der Waals surface area contributed by atoms with E-state index in [4.69, 9.17) is 22.3 Å². The molecule has 2 heterocycles. The summed E-state index contributed by atoms with van der Waals surface area (Å²) in [6.45, 7) is 7.90. The highest BCUT2D eigenvalue weighted by molar-refractivity contribution is 6.30. The van der Waals surface area contributed by atoms with Crippen LogP contribution in [0.1, 0.15) is 50.5 Å². The zero-order valence-electron chi connectivity index (χ0n) is 21.4. The number of amides is 1. The Kier molecular flexibility index (Phi) is 9.19. The van der Waals surface area contributed by atoms with Crippen molar-refractivity contribution in [3.8, 4) is 11.3 Å². The molecule has 1 aromatic heterocycles. The molecule has 0 spiro atoms. The summed E-state index contributed by atoms with van der Waals surface area (Å²) in [5, 5.41) is 4.08. The molecule has 192 valence electrons. The van der Waals surface area contributed by atoms with Crippen LogP contribution in [-0.4, -0.2) is 46.5 Å². The van der Waals surface area contributed by atoms with Crippen LogP contribution in [0.25, 0.3) is 11.3 Å². The van der Waals surface area contributed by atoms with E-state index in [1.54, 1.807) is 0 Å². The van der Waals surface area contributed by atoms with E-state index in [1.807, 2.05) is 30.3 Å². The van der Waals surface area contributed by atoms with E-state index in [-0.39, 0.29) is 23.8 Å². The molecular weight excluding hydrogens is 470 g/mol. The molecule has 3 aromatic rings. The van der Waals surface area contributed by atoms with Gasteiger partial charge in [-0.1, -0.05) is 67.9 Å². The number of rotatable bonds is 10. The van der Waals surface area contributed by atoms with Crippen LogP contribution in [0, 0.1) is 11.8 Å². The second-order valence-corrected chi connectivity index (χ2v) is 10.5. The SMILES string of the molecule is CC(C)[C@H](c1nc(-c2cccc(Cl)c2)cn1Cc1ccccc1)N(CCCN)C(=O)C1CCCNC1. The number of carbonyl (C=O) groups excluding carboxylic acids is 1. The molecule has 1 amide bonds. The predicted octanol–water partition coefficient (Wildman–Crippen LogP) is 5.13. The van der Waals surface area contributed by atoms with Crippen LogP contribution >= 0.6 is 11.6 Å². The van der Waals surface area contributed by atoms with Gasteiger partial charge in [0.1, 0.15) is 5.82 Å². The number of halogens is 1. The summed E-state index contributed by atoms with van der Waals surface area (Å²) in [6, 6.07) is 18.0. The number of aromatic nitrogens is 2. The number of benzene rings is 2. The number of hydrogen-bond donors (Lipinski definition) is 2. The Morgan fingerprint density at radius 1 is 1.22 bits per heavy atom. The van der Waals surface area contributed by atoms with E-state index in [0.29, 0.717) is 24.7 Å². The number of hydrogen-bond acceptors (Lipinski definition) is 4. The third-order valence-corrected chi connectivity index (χ3v) is 7.12. The van der Waals surface area contributed by atoms with E-state index in [9.17, 15) is 4.79 Å². The second kappa shape index (κ2) is 12.5. The van der Waals surface area contributed by atoms with Gasteiger partial charge in [0.2, 0.25) is 5.91 Å². The summed E-state index contributed by atoms with van der Waals surface area (Å²) in [5.74, 6) is 1.26. The van der Waals surface area contributed by atoms with Gasteiger partial charge in [0.05, 0.1) is 17.7 Å². The Hall–Kier alpha value is -2.67. The summed E-state index contributed by atoms with van der Waals surface area (Å²) in [6.07, 6.45) is 4.80. The highest BCUT2D eigenvalue weighted by Gasteiger charge is 2.35. The third-order valence-electron chi connectivity index (χ3n) is 6.89. The number of carbonyl (C=O) groups is 1. The lowest BCUT2D eigenvalue weighted by molar-refractivity contribution is -0.140. The van der Waals surface area contributed by atoms with Gasteiger partial charge in [0.25, 0.3) is 0 Å². The molecule has 1 saturated heterocycles. The average Bonchev–Trinajstić information content (AvgIpc) is 3.30. The first-order chi connectivity index (χ1) is 17.5. The van der Waals surface area contributed by atoms with Crippen molar-refractivity contribution in [2.45, 2.75) is 45.7 Å². The summed E-state index contributed by atoms with van der Waals surface area (Å²) >= 11 is 6.31. The Labute approximate surface area is 219 Å². The van der Waals surface area contributed by atoms with E-state index in [1.165, 1.54) is 5.56 Å². The fourth-order valence-electron chi connectivity index (χ4n) is 5.10. The molecule has 1 aliphatic heterocycles. The number of nitrogens with zero attached hydrogens (tertiary/aromatic N) is 3. The fraction of sp³-hybridized carbons (Fsp3) is 0.448. The van der Waals surface area contributed by atoms with Gasteiger partial charge in [0, 0.05) is 36.4 Å².